The predicted molar refractivity (Wildman–Crippen MR) is 104 cm³/mol. The van der Waals surface area contributed by atoms with Gasteiger partial charge in [-0.05, 0) is 18.6 Å². The van der Waals surface area contributed by atoms with Crippen LogP contribution in [0, 0.1) is 0 Å². The molecule has 0 bridgehead atoms. The molecular formula is C15H19N3O3S4. The maximum absolute atomic E-state index is 12.1. The predicted octanol–water partition coefficient (Wildman–Crippen LogP) is 3.56. The van der Waals surface area contributed by atoms with Gasteiger partial charge < -0.3 is 5.32 Å². The van der Waals surface area contributed by atoms with Crippen molar-refractivity contribution in [1.29, 1.82) is 0 Å². The fourth-order valence-corrected chi connectivity index (χ4v) is 5.64. The zero-order valence-electron chi connectivity index (χ0n) is 13.9. The zero-order valence-corrected chi connectivity index (χ0v) is 17.2. The summed E-state index contributed by atoms with van der Waals surface area (Å²) in [6, 6.07) is 6.36. The van der Waals surface area contributed by atoms with Crippen LogP contribution in [-0.2, 0) is 14.6 Å². The number of benzene rings is 1. The van der Waals surface area contributed by atoms with Gasteiger partial charge in [-0.1, -0.05) is 60.3 Å². The zero-order chi connectivity index (χ0) is 18.3. The summed E-state index contributed by atoms with van der Waals surface area (Å²) >= 11 is 4.43. The van der Waals surface area contributed by atoms with E-state index >= 15 is 0 Å². The Morgan fingerprint density at radius 3 is 2.56 bits per heavy atom. The number of anilines is 1. The molecule has 2 rings (SSSR count). The second-order valence-corrected chi connectivity index (χ2v) is 10.7. The SMILES string of the molecule is CCCCSc1nnc(SCC(=O)Nc2ccccc2S(C)(=O)=O)s1. The van der Waals surface area contributed by atoms with Gasteiger partial charge in [-0.15, -0.1) is 10.2 Å². The van der Waals surface area contributed by atoms with Crippen molar-refractivity contribution in [2.24, 2.45) is 0 Å². The summed E-state index contributed by atoms with van der Waals surface area (Å²) in [7, 11) is -3.40. The number of hydrogen-bond acceptors (Lipinski definition) is 8. The van der Waals surface area contributed by atoms with E-state index in [2.05, 4.69) is 22.4 Å². The van der Waals surface area contributed by atoms with Crippen molar-refractivity contribution >= 4 is 56.3 Å². The molecule has 0 spiro atoms. The van der Waals surface area contributed by atoms with Crippen molar-refractivity contribution in [3.63, 3.8) is 0 Å². The van der Waals surface area contributed by atoms with E-state index in [1.165, 1.54) is 29.2 Å². The van der Waals surface area contributed by atoms with Crippen molar-refractivity contribution < 1.29 is 13.2 Å². The van der Waals surface area contributed by atoms with Crippen molar-refractivity contribution in [1.82, 2.24) is 10.2 Å². The molecule has 0 saturated carbocycles. The molecule has 0 aliphatic carbocycles. The highest BCUT2D eigenvalue weighted by atomic mass is 32.2. The molecule has 10 heteroatoms. The molecule has 25 heavy (non-hydrogen) atoms. The van der Waals surface area contributed by atoms with Gasteiger partial charge in [0.15, 0.2) is 18.5 Å². The Balaban J connectivity index is 1.90. The molecule has 0 aliphatic rings. The first-order valence-electron chi connectivity index (χ1n) is 7.58. The maximum atomic E-state index is 12.1. The topological polar surface area (TPSA) is 89.0 Å². The molecule has 1 heterocycles. The minimum absolute atomic E-state index is 0.110. The highest BCUT2D eigenvalue weighted by Gasteiger charge is 2.15. The molecule has 0 radical (unpaired) electrons. The molecule has 0 unspecified atom stereocenters. The Labute approximate surface area is 160 Å². The van der Waals surface area contributed by atoms with Crippen LogP contribution in [0.25, 0.3) is 0 Å². The molecule has 2 aromatic rings. The number of nitrogens with zero attached hydrogens (tertiary/aromatic N) is 2. The number of carbonyl (C=O) groups excluding carboxylic acids is 1. The highest BCUT2D eigenvalue weighted by molar-refractivity contribution is 8.03. The fraction of sp³-hybridized carbons (Fsp3) is 0.400. The first-order chi connectivity index (χ1) is 11.9. The van der Waals surface area contributed by atoms with Crippen molar-refractivity contribution in [2.45, 2.75) is 33.3 Å². The van der Waals surface area contributed by atoms with E-state index in [9.17, 15) is 13.2 Å². The smallest absolute Gasteiger partial charge is 0.234 e. The van der Waals surface area contributed by atoms with E-state index in [4.69, 9.17) is 0 Å². The Hall–Kier alpha value is -1.10. The second-order valence-electron chi connectivity index (χ2n) is 5.14. The van der Waals surface area contributed by atoms with Gasteiger partial charge in [-0.3, -0.25) is 4.79 Å². The van der Waals surface area contributed by atoms with Crippen LogP contribution < -0.4 is 5.32 Å². The number of amides is 1. The second kappa shape index (κ2) is 9.56. The van der Waals surface area contributed by atoms with E-state index in [-0.39, 0.29) is 16.6 Å². The standard InChI is InChI=1S/C15H19N3O3S4/c1-3-4-9-22-14-17-18-15(24-14)23-10-13(19)16-11-7-5-6-8-12(11)25(2,20)21/h5-8H,3-4,9-10H2,1-2H3,(H,16,19). The van der Waals surface area contributed by atoms with Crippen molar-refractivity contribution in [3.8, 4) is 0 Å². The lowest BCUT2D eigenvalue weighted by Crippen LogP contribution is -2.16. The molecule has 1 N–H and O–H groups in total. The van der Waals surface area contributed by atoms with Crippen molar-refractivity contribution in [2.75, 3.05) is 23.1 Å². The summed E-state index contributed by atoms with van der Waals surface area (Å²) in [6.07, 6.45) is 3.39. The number of unbranched alkanes of at least 4 members (excludes halogenated alkanes) is 1. The molecule has 0 aliphatic heterocycles. The highest BCUT2D eigenvalue weighted by Crippen LogP contribution is 2.29. The van der Waals surface area contributed by atoms with Crippen LogP contribution in [0.1, 0.15) is 19.8 Å². The van der Waals surface area contributed by atoms with Gasteiger partial charge in [0.2, 0.25) is 5.91 Å². The number of nitrogens with one attached hydrogen (secondary N) is 1. The van der Waals surface area contributed by atoms with Crippen molar-refractivity contribution in [3.05, 3.63) is 24.3 Å². The third-order valence-electron chi connectivity index (χ3n) is 3.00. The molecule has 0 atom stereocenters. The summed E-state index contributed by atoms with van der Waals surface area (Å²) in [5.74, 6) is 0.877. The lowest BCUT2D eigenvalue weighted by atomic mass is 10.3. The molecule has 0 fully saturated rings. The van der Waals surface area contributed by atoms with E-state index in [0.717, 1.165) is 33.5 Å². The summed E-state index contributed by atoms with van der Waals surface area (Å²) in [5, 5.41) is 10.8. The monoisotopic (exact) mass is 417 g/mol. The molecule has 1 aromatic heterocycles. The Bertz CT molecular complexity index is 821. The molecule has 6 nitrogen and oxygen atoms in total. The van der Waals surface area contributed by atoms with Gasteiger partial charge in [0, 0.05) is 12.0 Å². The van der Waals surface area contributed by atoms with Gasteiger partial charge in [-0.25, -0.2) is 8.42 Å². The van der Waals surface area contributed by atoms with Crippen LogP contribution >= 0.6 is 34.9 Å². The number of para-hydroxylation sites is 1. The lowest BCUT2D eigenvalue weighted by molar-refractivity contribution is -0.113. The normalized spacial score (nSPS) is 11.4. The van der Waals surface area contributed by atoms with Gasteiger partial charge in [0.05, 0.1) is 16.3 Å². The van der Waals surface area contributed by atoms with Crippen LogP contribution in [-0.4, -0.2) is 42.3 Å². The Kier molecular flexibility index (Phi) is 7.73. The number of thioether (sulfide) groups is 2. The Morgan fingerprint density at radius 1 is 1.20 bits per heavy atom. The number of hydrogen-bond donors (Lipinski definition) is 1. The summed E-state index contributed by atoms with van der Waals surface area (Å²) < 4.78 is 25.1. The summed E-state index contributed by atoms with van der Waals surface area (Å²) in [5.41, 5.74) is 0.295. The van der Waals surface area contributed by atoms with E-state index in [1.807, 2.05) is 0 Å². The number of aromatic nitrogens is 2. The van der Waals surface area contributed by atoms with Crippen LogP contribution in [0.3, 0.4) is 0 Å². The van der Waals surface area contributed by atoms with Gasteiger partial charge in [0.25, 0.3) is 0 Å². The molecule has 1 aromatic carbocycles. The first kappa shape index (κ1) is 20.2. The van der Waals surface area contributed by atoms with Crippen LogP contribution in [0.4, 0.5) is 5.69 Å². The van der Waals surface area contributed by atoms with E-state index < -0.39 is 9.84 Å². The minimum atomic E-state index is -3.40. The maximum Gasteiger partial charge on any atom is 0.234 e. The third-order valence-corrected chi connectivity index (χ3v) is 7.43. The number of carbonyl (C=O) groups is 1. The van der Waals surface area contributed by atoms with Crippen LogP contribution in [0.15, 0.2) is 37.8 Å². The molecule has 1 amide bonds. The lowest BCUT2D eigenvalue weighted by Gasteiger charge is -2.08. The van der Waals surface area contributed by atoms with Gasteiger partial charge in [0.1, 0.15) is 0 Å². The number of sulfone groups is 1. The minimum Gasteiger partial charge on any atom is -0.324 e. The van der Waals surface area contributed by atoms with E-state index in [1.54, 1.807) is 30.0 Å². The first-order valence-corrected chi connectivity index (χ1v) is 12.3. The number of rotatable bonds is 9. The average Bonchev–Trinajstić information content (AvgIpc) is 3.01. The molecular weight excluding hydrogens is 398 g/mol. The van der Waals surface area contributed by atoms with Gasteiger partial charge in [-0.2, -0.15) is 0 Å². The van der Waals surface area contributed by atoms with Gasteiger partial charge >= 0.3 is 0 Å². The largest absolute Gasteiger partial charge is 0.324 e. The summed E-state index contributed by atoms with van der Waals surface area (Å²) in [6.45, 7) is 2.14. The van der Waals surface area contributed by atoms with E-state index in [0.29, 0.717) is 5.69 Å². The summed E-state index contributed by atoms with van der Waals surface area (Å²) in [4.78, 5) is 12.2. The molecule has 136 valence electrons. The average molecular weight is 418 g/mol. The fourth-order valence-electron chi connectivity index (χ4n) is 1.82. The quantitative estimate of drug-likeness (QED) is 0.493. The Morgan fingerprint density at radius 2 is 1.88 bits per heavy atom. The molecule has 0 saturated heterocycles. The van der Waals surface area contributed by atoms with Crippen LogP contribution in [0.5, 0.6) is 0 Å². The third kappa shape index (κ3) is 6.61. The van der Waals surface area contributed by atoms with Crippen LogP contribution in [0.2, 0.25) is 0 Å².